The maximum absolute atomic E-state index is 11.1. The molecule has 0 aromatic heterocycles. The second kappa shape index (κ2) is 3.53. The van der Waals surface area contributed by atoms with E-state index in [2.05, 4.69) is 10.6 Å². The minimum Gasteiger partial charge on any atom is -0.394 e. The highest BCUT2D eigenvalue weighted by Crippen LogP contribution is 1.99. The Labute approximate surface area is 70.1 Å². The summed E-state index contributed by atoms with van der Waals surface area (Å²) < 4.78 is 0. The summed E-state index contributed by atoms with van der Waals surface area (Å²) in [5.41, 5.74) is 0. The predicted molar refractivity (Wildman–Crippen MR) is 41.2 cm³/mol. The molecular weight excluding hydrogens is 160 g/mol. The van der Waals surface area contributed by atoms with Crippen molar-refractivity contribution in [3.05, 3.63) is 0 Å². The van der Waals surface area contributed by atoms with Crippen molar-refractivity contribution in [2.75, 3.05) is 6.61 Å². The highest BCUT2D eigenvalue weighted by atomic mass is 16.3. The Balaban J connectivity index is 2.61. The van der Waals surface area contributed by atoms with Gasteiger partial charge in [-0.1, -0.05) is 6.92 Å². The molecule has 0 bridgehead atoms. The Morgan fingerprint density at radius 1 is 1.25 bits per heavy atom. The summed E-state index contributed by atoms with van der Waals surface area (Å²) in [6, 6.07) is -1.22. The van der Waals surface area contributed by atoms with Gasteiger partial charge in [-0.3, -0.25) is 9.59 Å². The molecule has 2 atom stereocenters. The molecule has 1 heterocycles. The van der Waals surface area contributed by atoms with Crippen molar-refractivity contribution in [2.24, 2.45) is 0 Å². The molecule has 1 aliphatic heterocycles. The third kappa shape index (κ3) is 1.55. The van der Waals surface area contributed by atoms with Crippen molar-refractivity contribution in [1.82, 2.24) is 10.6 Å². The Hall–Kier alpha value is -1.10. The summed E-state index contributed by atoms with van der Waals surface area (Å²) in [6.45, 7) is 1.46. The Morgan fingerprint density at radius 3 is 2.25 bits per heavy atom. The van der Waals surface area contributed by atoms with Gasteiger partial charge >= 0.3 is 0 Å². The maximum atomic E-state index is 11.1. The van der Waals surface area contributed by atoms with Crippen molar-refractivity contribution >= 4 is 11.8 Å². The fourth-order valence-corrected chi connectivity index (χ4v) is 1.09. The van der Waals surface area contributed by atoms with Crippen LogP contribution in [0.3, 0.4) is 0 Å². The zero-order valence-electron chi connectivity index (χ0n) is 6.83. The van der Waals surface area contributed by atoms with Crippen LogP contribution in [0.2, 0.25) is 0 Å². The fraction of sp³-hybridized carbons (Fsp3) is 0.714. The number of piperazine rings is 1. The number of rotatable bonds is 2. The normalized spacial score (nSPS) is 29.5. The lowest BCUT2D eigenvalue weighted by atomic mass is 10.1. The number of aliphatic hydroxyl groups excluding tert-OH is 1. The van der Waals surface area contributed by atoms with Crippen LogP contribution in [0.1, 0.15) is 13.3 Å². The number of hydrogen-bond acceptors (Lipinski definition) is 3. The summed E-state index contributed by atoms with van der Waals surface area (Å²) >= 11 is 0. The zero-order chi connectivity index (χ0) is 9.14. The number of carbonyl (C=O) groups excluding carboxylic acids is 2. The van der Waals surface area contributed by atoms with Crippen molar-refractivity contribution in [1.29, 1.82) is 0 Å². The molecule has 1 aliphatic rings. The first kappa shape index (κ1) is 8.99. The van der Waals surface area contributed by atoms with Crippen LogP contribution in [0.5, 0.6) is 0 Å². The molecule has 0 aromatic carbocycles. The lowest BCUT2D eigenvalue weighted by Gasteiger charge is -2.27. The minimum atomic E-state index is -0.778. The topological polar surface area (TPSA) is 78.4 Å². The van der Waals surface area contributed by atoms with Gasteiger partial charge in [0.1, 0.15) is 12.1 Å². The molecule has 1 fully saturated rings. The van der Waals surface area contributed by atoms with E-state index >= 15 is 0 Å². The Morgan fingerprint density at radius 2 is 1.75 bits per heavy atom. The summed E-state index contributed by atoms with van der Waals surface area (Å²) in [7, 11) is 0. The predicted octanol–water partition coefficient (Wildman–Crippen LogP) is -1.63. The average Bonchev–Trinajstić information content (AvgIpc) is 2.08. The van der Waals surface area contributed by atoms with Crippen LogP contribution in [0, 0.1) is 0 Å². The van der Waals surface area contributed by atoms with Crippen LogP contribution >= 0.6 is 0 Å². The van der Waals surface area contributed by atoms with Crippen LogP contribution < -0.4 is 10.6 Å². The van der Waals surface area contributed by atoms with E-state index in [4.69, 9.17) is 5.11 Å². The maximum Gasteiger partial charge on any atom is 0.245 e. The number of aliphatic hydroxyl groups is 1. The van der Waals surface area contributed by atoms with E-state index < -0.39 is 12.1 Å². The van der Waals surface area contributed by atoms with Gasteiger partial charge in [-0.05, 0) is 6.42 Å². The SMILES string of the molecule is CC[C@@H]1NC(=O)C(CO)NC1=O. The van der Waals surface area contributed by atoms with Gasteiger partial charge in [0.25, 0.3) is 0 Å². The van der Waals surface area contributed by atoms with Crippen LogP contribution in [0.4, 0.5) is 0 Å². The quantitative estimate of drug-likeness (QED) is 0.468. The van der Waals surface area contributed by atoms with Gasteiger partial charge in [0, 0.05) is 0 Å². The summed E-state index contributed by atoms with van der Waals surface area (Å²) in [5, 5.41) is 13.6. The lowest BCUT2D eigenvalue weighted by Crippen LogP contribution is -2.62. The van der Waals surface area contributed by atoms with Crippen LogP contribution in [-0.2, 0) is 9.59 Å². The standard InChI is InChI=1S/C7H12N2O3/c1-2-4-6(11)9-5(3-10)7(12)8-4/h4-5,10H,2-3H2,1H3,(H,8,12)(H,9,11)/t4-,5?/m0/s1. The molecule has 12 heavy (non-hydrogen) atoms. The fourth-order valence-electron chi connectivity index (χ4n) is 1.09. The second-order valence-corrected chi connectivity index (χ2v) is 2.71. The zero-order valence-corrected chi connectivity index (χ0v) is 6.83. The molecule has 5 heteroatoms. The Kier molecular flexibility index (Phi) is 2.65. The molecule has 0 aliphatic carbocycles. The molecule has 68 valence electrons. The van der Waals surface area contributed by atoms with Gasteiger partial charge in [-0.2, -0.15) is 0 Å². The van der Waals surface area contributed by atoms with E-state index in [0.717, 1.165) is 0 Å². The smallest absolute Gasteiger partial charge is 0.245 e. The molecule has 5 nitrogen and oxygen atoms in total. The molecule has 2 amide bonds. The van der Waals surface area contributed by atoms with Crippen LogP contribution in [0.25, 0.3) is 0 Å². The molecule has 1 saturated heterocycles. The third-order valence-electron chi connectivity index (χ3n) is 1.86. The summed E-state index contributed by atoms with van der Waals surface area (Å²) in [6.07, 6.45) is 0.565. The molecule has 0 spiro atoms. The van der Waals surface area contributed by atoms with E-state index in [9.17, 15) is 9.59 Å². The number of nitrogens with one attached hydrogen (secondary N) is 2. The van der Waals surface area contributed by atoms with Gasteiger partial charge in [-0.15, -0.1) is 0 Å². The van der Waals surface area contributed by atoms with Gasteiger partial charge in [0.2, 0.25) is 11.8 Å². The van der Waals surface area contributed by atoms with Gasteiger partial charge in [0.15, 0.2) is 0 Å². The number of hydrogen-bond donors (Lipinski definition) is 3. The molecule has 1 unspecified atom stereocenters. The largest absolute Gasteiger partial charge is 0.394 e. The highest BCUT2D eigenvalue weighted by Gasteiger charge is 2.31. The van der Waals surface area contributed by atoms with E-state index in [1.807, 2.05) is 6.92 Å². The number of amides is 2. The summed E-state index contributed by atoms with van der Waals surface area (Å²) in [4.78, 5) is 22.2. The first-order valence-corrected chi connectivity index (χ1v) is 3.90. The van der Waals surface area contributed by atoms with Gasteiger partial charge in [-0.25, -0.2) is 0 Å². The average molecular weight is 172 g/mol. The first-order chi connectivity index (χ1) is 5.69. The summed E-state index contributed by atoms with van der Waals surface area (Å²) in [5.74, 6) is -0.542. The number of carbonyl (C=O) groups is 2. The van der Waals surface area contributed by atoms with E-state index in [1.165, 1.54) is 0 Å². The highest BCUT2D eigenvalue weighted by molar-refractivity contribution is 5.96. The Bertz CT molecular complexity index is 183. The second-order valence-electron chi connectivity index (χ2n) is 2.71. The molecule has 3 N–H and O–H groups in total. The van der Waals surface area contributed by atoms with Crippen molar-refractivity contribution in [3.63, 3.8) is 0 Å². The van der Waals surface area contributed by atoms with Crippen molar-refractivity contribution < 1.29 is 14.7 Å². The molecule has 0 aromatic rings. The van der Waals surface area contributed by atoms with E-state index in [-0.39, 0.29) is 18.4 Å². The van der Waals surface area contributed by atoms with Crippen molar-refractivity contribution in [3.8, 4) is 0 Å². The van der Waals surface area contributed by atoms with Crippen LogP contribution in [-0.4, -0.2) is 35.6 Å². The molecule has 0 radical (unpaired) electrons. The third-order valence-corrected chi connectivity index (χ3v) is 1.86. The molecule has 0 saturated carbocycles. The first-order valence-electron chi connectivity index (χ1n) is 3.90. The van der Waals surface area contributed by atoms with Gasteiger partial charge < -0.3 is 15.7 Å². The van der Waals surface area contributed by atoms with Gasteiger partial charge in [0.05, 0.1) is 6.61 Å². The molecular formula is C7H12N2O3. The van der Waals surface area contributed by atoms with E-state index in [0.29, 0.717) is 6.42 Å². The monoisotopic (exact) mass is 172 g/mol. The van der Waals surface area contributed by atoms with Crippen molar-refractivity contribution in [2.45, 2.75) is 25.4 Å². The lowest BCUT2D eigenvalue weighted by molar-refractivity contribution is -0.137. The van der Waals surface area contributed by atoms with E-state index in [1.54, 1.807) is 0 Å². The minimum absolute atomic E-state index is 0.226. The van der Waals surface area contributed by atoms with Crippen LogP contribution in [0.15, 0.2) is 0 Å². The molecule has 1 rings (SSSR count).